The number of halogens is 3. The molecule has 3 atom stereocenters. The molecule has 22 heavy (non-hydrogen) atoms. The van der Waals surface area contributed by atoms with Crippen molar-refractivity contribution in [2.75, 3.05) is 0 Å². The Kier molecular flexibility index (Phi) is 3.53. The molecule has 0 bridgehead atoms. The smallest absolute Gasteiger partial charge is 0.383 e. The van der Waals surface area contributed by atoms with Crippen molar-refractivity contribution in [3.8, 4) is 6.07 Å². The minimum Gasteiger partial charge on any atom is -0.383 e. The number of pyridine rings is 1. The second kappa shape index (κ2) is 5.25. The Hall–Kier alpha value is -2.13. The van der Waals surface area contributed by atoms with Crippen LogP contribution in [0, 0.1) is 17.2 Å². The van der Waals surface area contributed by atoms with E-state index in [1.807, 2.05) is 6.07 Å². The lowest BCUT2D eigenvalue weighted by molar-refractivity contribution is -0.229. The van der Waals surface area contributed by atoms with Crippen LogP contribution in [0.4, 0.5) is 13.2 Å². The van der Waals surface area contributed by atoms with Gasteiger partial charge in [0.05, 0.1) is 0 Å². The number of alkyl halides is 3. The van der Waals surface area contributed by atoms with Gasteiger partial charge in [-0.05, 0) is 35.8 Å². The van der Waals surface area contributed by atoms with Crippen molar-refractivity contribution in [3.05, 3.63) is 41.7 Å². The minimum absolute atomic E-state index is 0.296. The Balaban J connectivity index is 1.93. The van der Waals surface area contributed by atoms with Crippen molar-refractivity contribution >= 4 is 10.8 Å². The zero-order valence-electron chi connectivity index (χ0n) is 11.5. The van der Waals surface area contributed by atoms with Crippen molar-refractivity contribution in [1.82, 2.24) is 4.98 Å². The van der Waals surface area contributed by atoms with Crippen molar-refractivity contribution in [2.24, 2.45) is 5.92 Å². The van der Waals surface area contributed by atoms with Crippen LogP contribution in [0.25, 0.3) is 10.8 Å². The summed E-state index contributed by atoms with van der Waals surface area (Å²) >= 11 is 0. The molecule has 1 aliphatic rings. The summed E-state index contributed by atoms with van der Waals surface area (Å²) < 4.78 is 38.0. The van der Waals surface area contributed by atoms with Gasteiger partial charge in [-0.25, -0.2) is 4.98 Å². The fourth-order valence-corrected chi connectivity index (χ4v) is 3.08. The van der Waals surface area contributed by atoms with Gasteiger partial charge in [-0.2, -0.15) is 18.4 Å². The Bertz CT molecular complexity index is 751. The van der Waals surface area contributed by atoms with Gasteiger partial charge in [0.15, 0.2) is 6.10 Å². The van der Waals surface area contributed by atoms with Gasteiger partial charge in [0.25, 0.3) is 0 Å². The number of hydrogen-bond acceptors (Lipinski definition) is 3. The van der Waals surface area contributed by atoms with E-state index in [4.69, 9.17) is 5.26 Å². The zero-order chi connectivity index (χ0) is 15.9. The quantitative estimate of drug-likeness (QED) is 0.923. The van der Waals surface area contributed by atoms with E-state index < -0.39 is 18.2 Å². The van der Waals surface area contributed by atoms with Crippen molar-refractivity contribution in [2.45, 2.75) is 31.0 Å². The molecule has 1 fully saturated rings. The number of aliphatic hydroxyl groups excluding tert-OH is 1. The molecule has 0 spiro atoms. The summed E-state index contributed by atoms with van der Waals surface area (Å²) in [5, 5.41) is 19.9. The topological polar surface area (TPSA) is 56.9 Å². The average Bonchev–Trinajstić information content (AvgIpc) is 2.44. The third-order valence-corrected chi connectivity index (χ3v) is 4.39. The Morgan fingerprint density at radius 3 is 2.64 bits per heavy atom. The van der Waals surface area contributed by atoms with Crippen LogP contribution in [0.15, 0.2) is 30.5 Å². The number of benzene rings is 1. The Morgan fingerprint density at radius 2 is 2.05 bits per heavy atom. The molecule has 3 rings (SSSR count). The molecular formula is C16H13F3N2O. The zero-order valence-corrected chi connectivity index (χ0v) is 11.5. The highest BCUT2D eigenvalue weighted by molar-refractivity contribution is 5.87. The van der Waals surface area contributed by atoms with E-state index >= 15 is 0 Å². The maximum atomic E-state index is 12.7. The first-order valence-electron chi connectivity index (χ1n) is 6.95. The number of hydrogen-bond donors (Lipinski definition) is 1. The van der Waals surface area contributed by atoms with E-state index in [-0.39, 0.29) is 5.92 Å². The monoisotopic (exact) mass is 306 g/mol. The number of fused-ring (bicyclic) bond motifs is 1. The maximum Gasteiger partial charge on any atom is 0.414 e. The van der Waals surface area contributed by atoms with Gasteiger partial charge in [0.2, 0.25) is 0 Å². The van der Waals surface area contributed by atoms with Crippen LogP contribution in [-0.2, 0) is 0 Å². The van der Waals surface area contributed by atoms with Gasteiger partial charge in [-0.15, -0.1) is 0 Å². The first kappa shape index (κ1) is 14.8. The second-order valence-corrected chi connectivity index (χ2v) is 5.59. The molecule has 3 nitrogen and oxygen atoms in total. The maximum absolute atomic E-state index is 12.7. The first-order chi connectivity index (χ1) is 10.4. The summed E-state index contributed by atoms with van der Waals surface area (Å²) in [7, 11) is 0. The third kappa shape index (κ3) is 2.42. The molecule has 0 aliphatic heterocycles. The molecule has 1 aromatic carbocycles. The van der Waals surface area contributed by atoms with Gasteiger partial charge in [-0.1, -0.05) is 18.2 Å². The number of aromatic nitrogens is 1. The van der Waals surface area contributed by atoms with Crippen molar-refractivity contribution < 1.29 is 18.3 Å². The molecule has 0 amide bonds. The molecule has 0 radical (unpaired) electrons. The summed E-state index contributed by atoms with van der Waals surface area (Å²) in [5.41, 5.74) is 1.06. The van der Waals surface area contributed by atoms with E-state index in [1.165, 1.54) is 6.20 Å². The SMILES string of the molecule is N#Cc1nccc2cc(C3CCC3[C@@H](O)C(F)(F)F)ccc12. The Morgan fingerprint density at radius 1 is 1.27 bits per heavy atom. The molecule has 1 saturated carbocycles. The first-order valence-corrected chi connectivity index (χ1v) is 6.95. The predicted molar refractivity (Wildman–Crippen MR) is 74.0 cm³/mol. The molecule has 1 aromatic heterocycles. The van der Waals surface area contributed by atoms with Crippen LogP contribution < -0.4 is 0 Å². The summed E-state index contributed by atoms with van der Waals surface area (Å²) in [4.78, 5) is 3.96. The van der Waals surface area contributed by atoms with E-state index in [2.05, 4.69) is 4.98 Å². The summed E-state index contributed by atoms with van der Waals surface area (Å²) in [6, 6.07) is 8.95. The molecule has 1 aliphatic carbocycles. The van der Waals surface area contributed by atoms with Crippen LogP contribution in [0.1, 0.15) is 30.0 Å². The van der Waals surface area contributed by atoms with Gasteiger partial charge >= 0.3 is 6.18 Å². The molecular weight excluding hydrogens is 293 g/mol. The molecule has 114 valence electrons. The number of rotatable bonds is 2. The summed E-state index contributed by atoms with van der Waals surface area (Å²) in [6.07, 6.45) is -4.37. The minimum atomic E-state index is -4.59. The van der Waals surface area contributed by atoms with E-state index in [0.717, 1.165) is 10.9 Å². The molecule has 2 aromatic rings. The fraction of sp³-hybridized carbons (Fsp3) is 0.375. The fourth-order valence-electron chi connectivity index (χ4n) is 3.08. The molecule has 0 saturated heterocycles. The Labute approximate surface area is 125 Å². The highest BCUT2D eigenvalue weighted by Gasteiger charge is 2.49. The number of nitriles is 1. The lowest BCUT2D eigenvalue weighted by Crippen LogP contribution is -2.43. The lowest BCUT2D eigenvalue weighted by Gasteiger charge is -2.40. The molecule has 2 unspecified atom stereocenters. The molecule has 1 heterocycles. The van der Waals surface area contributed by atoms with Gasteiger partial charge in [-0.3, -0.25) is 0 Å². The standard InChI is InChI=1S/C16H13F3N2O/c17-16(18,19)15(22)13-4-3-11(13)9-1-2-12-10(7-9)5-6-21-14(12)8-20/h1-2,5-7,11,13,15,22H,3-4H2/t11?,13?,15-/m1/s1. The highest BCUT2D eigenvalue weighted by atomic mass is 19.4. The summed E-state index contributed by atoms with van der Waals surface area (Å²) in [5.74, 6) is -1.10. The lowest BCUT2D eigenvalue weighted by atomic mass is 9.67. The predicted octanol–water partition coefficient (Wildman–Crippen LogP) is 3.52. The second-order valence-electron chi connectivity index (χ2n) is 5.59. The normalized spacial score (nSPS) is 22.9. The average molecular weight is 306 g/mol. The van der Waals surface area contributed by atoms with Crippen molar-refractivity contribution in [1.29, 1.82) is 5.26 Å². The molecule has 1 N–H and O–H groups in total. The van der Waals surface area contributed by atoms with Crippen LogP contribution in [0.5, 0.6) is 0 Å². The van der Waals surface area contributed by atoms with Gasteiger partial charge in [0.1, 0.15) is 11.8 Å². The van der Waals surface area contributed by atoms with E-state index in [1.54, 1.807) is 24.3 Å². The van der Waals surface area contributed by atoms with Gasteiger partial charge in [0, 0.05) is 17.5 Å². The van der Waals surface area contributed by atoms with E-state index in [9.17, 15) is 18.3 Å². The largest absolute Gasteiger partial charge is 0.414 e. The van der Waals surface area contributed by atoms with Crippen LogP contribution in [0.3, 0.4) is 0 Å². The third-order valence-electron chi connectivity index (χ3n) is 4.39. The number of aliphatic hydroxyl groups is 1. The van der Waals surface area contributed by atoms with Crippen LogP contribution in [-0.4, -0.2) is 22.4 Å². The van der Waals surface area contributed by atoms with Gasteiger partial charge < -0.3 is 5.11 Å². The number of nitrogens with zero attached hydrogens (tertiary/aromatic N) is 2. The molecule has 6 heteroatoms. The summed E-state index contributed by atoms with van der Waals surface area (Å²) in [6.45, 7) is 0. The van der Waals surface area contributed by atoms with Crippen molar-refractivity contribution in [3.63, 3.8) is 0 Å². The highest BCUT2D eigenvalue weighted by Crippen LogP contribution is 2.48. The van der Waals surface area contributed by atoms with Crippen LogP contribution in [0.2, 0.25) is 0 Å². The van der Waals surface area contributed by atoms with E-state index in [0.29, 0.717) is 23.9 Å². The van der Waals surface area contributed by atoms with Crippen LogP contribution >= 0.6 is 0 Å².